The second kappa shape index (κ2) is 5.02. The van der Waals surface area contributed by atoms with Crippen LogP contribution < -0.4 is 0 Å². The van der Waals surface area contributed by atoms with Crippen LogP contribution in [0.5, 0.6) is 0 Å². The number of fused-ring (bicyclic) bond motifs is 2. The minimum absolute atomic E-state index is 0.640. The van der Waals surface area contributed by atoms with Gasteiger partial charge in [-0.3, -0.25) is 0 Å². The highest BCUT2D eigenvalue weighted by Gasteiger charge is 2.34. The van der Waals surface area contributed by atoms with Gasteiger partial charge in [-0.15, -0.1) is 11.8 Å². The summed E-state index contributed by atoms with van der Waals surface area (Å²) in [5.74, 6) is 9.95. The van der Waals surface area contributed by atoms with Gasteiger partial charge in [0.2, 0.25) is 0 Å². The van der Waals surface area contributed by atoms with Crippen molar-refractivity contribution >= 4 is 11.8 Å². The highest BCUT2D eigenvalue weighted by atomic mass is 32.2. The van der Waals surface area contributed by atoms with E-state index in [4.69, 9.17) is 0 Å². The van der Waals surface area contributed by atoms with Crippen LogP contribution in [0.4, 0.5) is 0 Å². The summed E-state index contributed by atoms with van der Waals surface area (Å²) >= 11 is 1.83. The Morgan fingerprint density at radius 3 is 2.71 bits per heavy atom. The lowest BCUT2D eigenvalue weighted by molar-refractivity contribution is 0.569. The Kier molecular flexibility index (Phi) is 3.25. The molecule has 0 aromatic heterocycles. The maximum atomic E-state index is 3.46. The van der Waals surface area contributed by atoms with Crippen LogP contribution in [0.2, 0.25) is 0 Å². The fourth-order valence-electron chi connectivity index (χ4n) is 2.76. The van der Waals surface area contributed by atoms with E-state index in [2.05, 4.69) is 54.3 Å². The van der Waals surface area contributed by atoms with Gasteiger partial charge in [0, 0.05) is 10.8 Å². The van der Waals surface area contributed by atoms with Gasteiger partial charge in [-0.2, -0.15) is 0 Å². The molecule has 3 rings (SSSR count). The smallest absolute Gasteiger partial charge is 0.0594 e. The average molecular weight is 240 g/mol. The van der Waals surface area contributed by atoms with E-state index in [1.165, 1.54) is 17.7 Å². The molecule has 1 saturated carbocycles. The zero-order valence-corrected chi connectivity index (χ0v) is 10.6. The highest BCUT2D eigenvalue weighted by molar-refractivity contribution is 7.99. The first-order valence-corrected chi connectivity index (χ1v) is 7.25. The molecular formula is C16H16S. The quantitative estimate of drug-likeness (QED) is 0.428. The first kappa shape index (κ1) is 11.0. The van der Waals surface area contributed by atoms with Crippen molar-refractivity contribution in [3.8, 4) is 11.8 Å². The SMILES string of the molecule is C(#CC1CC2C=CC1C2)CSc1ccccc1. The first-order chi connectivity index (χ1) is 8.42. The normalized spacial score (nSPS) is 29.1. The lowest BCUT2D eigenvalue weighted by atomic mass is 9.94. The van der Waals surface area contributed by atoms with Crippen LogP contribution in [0.25, 0.3) is 0 Å². The maximum Gasteiger partial charge on any atom is 0.0594 e. The molecule has 1 fully saturated rings. The summed E-state index contributed by atoms with van der Waals surface area (Å²) in [4.78, 5) is 1.31. The van der Waals surface area contributed by atoms with Gasteiger partial charge in [0.25, 0.3) is 0 Å². The lowest BCUT2D eigenvalue weighted by Gasteiger charge is -2.10. The molecule has 2 aliphatic rings. The van der Waals surface area contributed by atoms with E-state index in [1.54, 1.807) is 0 Å². The summed E-state index contributed by atoms with van der Waals surface area (Å²) in [5.41, 5.74) is 0. The van der Waals surface area contributed by atoms with Crippen LogP contribution in [0.3, 0.4) is 0 Å². The summed E-state index contributed by atoms with van der Waals surface area (Å²) in [6, 6.07) is 10.5. The molecule has 0 spiro atoms. The first-order valence-electron chi connectivity index (χ1n) is 6.26. The minimum Gasteiger partial charge on any atom is -0.113 e. The molecule has 1 aromatic carbocycles. The third-order valence-electron chi connectivity index (χ3n) is 3.62. The third kappa shape index (κ3) is 2.58. The molecule has 2 aliphatic carbocycles. The largest absolute Gasteiger partial charge is 0.113 e. The molecule has 0 aliphatic heterocycles. The number of hydrogen-bond donors (Lipinski definition) is 0. The molecular weight excluding hydrogens is 224 g/mol. The molecule has 0 N–H and O–H groups in total. The van der Waals surface area contributed by atoms with Crippen molar-refractivity contribution in [1.82, 2.24) is 0 Å². The Bertz CT molecular complexity index is 463. The van der Waals surface area contributed by atoms with E-state index >= 15 is 0 Å². The van der Waals surface area contributed by atoms with Crippen LogP contribution in [-0.2, 0) is 0 Å². The molecule has 0 radical (unpaired) electrons. The fraction of sp³-hybridized carbons (Fsp3) is 0.375. The molecule has 17 heavy (non-hydrogen) atoms. The Morgan fingerprint density at radius 2 is 2.00 bits per heavy atom. The van der Waals surface area contributed by atoms with Gasteiger partial charge >= 0.3 is 0 Å². The van der Waals surface area contributed by atoms with E-state index < -0.39 is 0 Å². The average Bonchev–Trinajstić information content (AvgIpc) is 2.98. The van der Waals surface area contributed by atoms with Crippen molar-refractivity contribution in [3.05, 3.63) is 42.5 Å². The summed E-state index contributed by atoms with van der Waals surface area (Å²) in [6.07, 6.45) is 7.40. The second-order valence-corrected chi connectivity index (χ2v) is 5.86. The molecule has 0 saturated heterocycles. The van der Waals surface area contributed by atoms with E-state index in [1.807, 2.05) is 11.8 Å². The molecule has 3 atom stereocenters. The Labute approximate surface area is 108 Å². The standard InChI is InChI=1S/C16H16S/c1-2-6-16(7-3-1)17-10-4-5-14-11-13-8-9-15(14)12-13/h1-3,6-9,13-15H,10-12H2. The van der Waals surface area contributed by atoms with Crippen molar-refractivity contribution in [3.63, 3.8) is 0 Å². The van der Waals surface area contributed by atoms with Crippen LogP contribution in [-0.4, -0.2) is 5.75 Å². The van der Waals surface area contributed by atoms with E-state index in [-0.39, 0.29) is 0 Å². The minimum atomic E-state index is 0.640. The van der Waals surface area contributed by atoms with Crippen LogP contribution in [0, 0.1) is 29.6 Å². The predicted octanol–water partition coefficient (Wildman–Crippen LogP) is 3.99. The van der Waals surface area contributed by atoms with Crippen molar-refractivity contribution in [2.24, 2.45) is 17.8 Å². The number of allylic oxidation sites excluding steroid dienone is 2. The van der Waals surface area contributed by atoms with Crippen LogP contribution in [0.15, 0.2) is 47.4 Å². The lowest BCUT2D eigenvalue weighted by Crippen LogP contribution is -2.03. The monoisotopic (exact) mass is 240 g/mol. The molecule has 0 amide bonds. The summed E-state index contributed by atoms with van der Waals surface area (Å²) in [5, 5.41) is 0. The predicted molar refractivity (Wildman–Crippen MR) is 73.8 cm³/mol. The highest BCUT2D eigenvalue weighted by Crippen LogP contribution is 2.42. The van der Waals surface area contributed by atoms with Crippen LogP contribution in [0.1, 0.15) is 12.8 Å². The topological polar surface area (TPSA) is 0 Å². The van der Waals surface area contributed by atoms with Crippen molar-refractivity contribution in [2.75, 3.05) is 5.75 Å². The van der Waals surface area contributed by atoms with Gasteiger partial charge in [-0.1, -0.05) is 42.2 Å². The number of hydrogen-bond acceptors (Lipinski definition) is 1. The Balaban J connectivity index is 1.51. The second-order valence-electron chi connectivity index (χ2n) is 4.81. The van der Waals surface area contributed by atoms with Crippen molar-refractivity contribution < 1.29 is 0 Å². The summed E-state index contributed by atoms with van der Waals surface area (Å²) < 4.78 is 0. The fourth-order valence-corrected chi connectivity index (χ4v) is 3.43. The van der Waals surface area contributed by atoms with Gasteiger partial charge in [-0.05, 0) is 36.8 Å². The van der Waals surface area contributed by atoms with E-state index in [0.717, 1.165) is 17.6 Å². The number of thioether (sulfide) groups is 1. The van der Waals surface area contributed by atoms with E-state index in [9.17, 15) is 0 Å². The molecule has 3 unspecified atom stereocenters. The van der Waals surface area contributed by atoms with Gasteiger partial charge in [-0.25, -0.2) is 0 Å². The van der Waals surface area contributed by atoms with Gasteiger partial charge in [0.05, 0.1) is 5.75 Å². The van der Waals surface area contributed by atoms with E-state index in [0.29, 0.717) is 5.92 Å². The van der Waals surface area contributed by atoms with Gasteiger partial charge in [0.15, 0.2) is 0 Å². The maximum absolute atomic E-state index is 3.46. The third-order valence-corrected chi connectivity index (χ3v) is 4.51. The number of rotatable bonds is 2. The number of benzene rings is 1. The zero-order valence-electron chi connectivity index (χ0n) is 9.80. The molecule has 0 nitrogen and oxygen atoms in total. The van der Waals surface area contributed by atoms with Crippen LogP contribution >= 0.6 is 11.8 Å². The Morgan fingerprint density at radius 1 is 1.12 bits per heavy atom. The molecule has 86 valence electrons. The van der Waals surface area contributed by atoms with Crippen molar-refractivity contribution in [1.29, 1.82) is 0 Å². The summed E-state index contributed by atoms with van der Waals surface area (Å²) in [7, 11) is 0. The van der Waals surface area contributed by atoms with Gasteiger partial charge < -0.3 is 0 Å². The Hall–Kier alpha value is -1.13. The zero-order chi connectivity index (χ0) is 11.5. The molecule has 1 heteroatoms. The summed E-state index contributed by atoms with van der Waals surface area (Å²) in [6.45, 7) is 0. The molecule has 1 aromatic rings. The molecule has 0 heterocycles. The van der Waals surface area contributed by atoms with Gasteiger partial charge in [0.1, 0.15) is 0 Å². The molecule has 2 bridgehead atoms. The van der Waals surface area contributed by atoms with Crippen molar-refractivity contribution in [2.45, 2.75) is 17.7 Å².